The highest BCUT2D eigenvalue weighted by Gasteiger charge is 2.14. The molecule has 1 aromatic rings. The second-order valence-electron chi connectivity index (χ2n) is 5.15. The third kappa shape index (κ3) is 4.12. The Kier molecular flexibility index (Phi) is 5.68. The van der Waals surface area contributed by atoms with E-state index >= 15 is 0 Å². The summed E-state index contributed by atoms with van der Waals surface area (Å²) in [7, 11) is 0. The SMILES string of the molecule is CCOC(C)CNC(C)c1ccc2c(c1)OCCCO2. The molecule has 0 aliphatic carbocycles. The van der Waals surface area contributed by atoms with E-state index in [-0.39, 0.29) is 12.1 Å². The Labute approximate surface area is 121 Å². The van der Waals surface area contributed by atoms with Gasteiger partial charge in [0.1, 0.15) is 0 Å². The predicted octanol–water partition coefficient (Wildman–Crippen LogP) is 2.92. The van der Waals surface area contributed by atoms with Gasteiger partial charge in [-0.15, -0.1) is 0 Å². The van der Waals surface area contributed by atoms with Crippen LogP contribution in [-0.2, 0) is 4.74 Å². The molecule has 0 spiro atoms. The monoisotopic (exact) mass is 279 g/mol. The fraction of sp³-hybridized carbons (Fsp3) is 0.625. The molecule has 0 aromatic heterocycles. The number of hydrogen-bond donors (Lipinski definition) is 1. The van der Waals surface area contributed by atoms with E-state index in [9.17, 15) is 0 Å². The molecule has 1 aliphatic heterocycles. The van der Waals surface area contributed by atoms with Crippen LogP contribution in [0.5, 0.6) is 11.5 Å². The third-order valence-electron chi connectivity index (χ3n) is 3.43. The van der Waals surface area contributed by atoms with E-state index in [0.717, 1.165) is 44.3 Å². The molecule has 112 valence electrons. The fourth-order valence-corrected chi connectivity index (χ4v) is 2.25. The zero-order valence-electron chi connectivity index (χ0n) is 12.6. The summed E-state index contributed by atoms with van der Waals surface area (Å²) >= 11 is 0. The van der Waals surface area contributed by atoms with Crippen molar-refractivity contribution in [2.24, 2.45) is 0 Å². The average Bonchev–Trinajstić information content (AvgIpc) is 2.69. The van der Waals surface area contributed by atoms with Gasteiger partial charge in [0.15, 0.2) is 11.5 Å². The molecule has 1 heterocycles. The summed E-state index contributed by atoms with van der Waals surface area (Å²) in [6.45, 7) is 9.29. The Balaban J connectivity index is 1.96. The van der Waals surface area contributed by atoms with Crippen LogP contribution < -0.4 is 14.8 Å². The minimum Gasteiger partial charge on any atom is -0.490 e. The van der Waals surface area contributed by atoms with E-state index in [1.165, 1.54) is 5.56 Å². The van der Waals surface area contributed by atoms with Crippen LogP contribution in [0.2, 0.25) is 0 Å². The number of benzene rings is 1. The summed E-state index contributed by atoms with van der Waals surface area (Å²) in [4.78, 5) is 0. The van der Waals surface area contributed by atoms with Crippen molar-refractivity contribution < 1.29 is 14.2 Å². The van der Waals surface area contributed by atoms with Crippen LogP contribution in [0.25, 0.3) is 0 Å². The number of ether oxygens (including phenoxy) is 3. The topological polar surface area (TPSA) is 39.7 Å². The van der Waals surface area contributed by atoms with Crippen molar-refractivity contribution in [3.05, 3.63) is 23.8 Å². The highest BCUT2D eigenvalue weighted by Crippen LogP contribution is 2.32. The lowest BCUT2D eigenvalue weighted by Crippen LogP contribution is -2.29. The summed E-state index contributed by atoms with van der Waals surface area (Å²) in [6.07, 6.45) is 1.16. The van der Waals surface area contributed by atoms with Crippen LogP contribution >= 0.6 is 0 Å². The molecule has 2 atom stereocenters. The van der Waals surface area contributed by atoms with Crippen molar-refractivity contribution in [1.29, 1.82) is 0 Å². The lowest BCUT2D eigenvalue weighted by Gasteiger charge is -2.19. The molecule has 2 unspecified atom stereocenters. The van der Waals surface area contributed by atoms with Crippen LogP contribution in [0.1, 0.15) is 38.8 Å². The Bertz CT molecular complexity index is 422. The summed E-state index contributed by atoms with van der Waals surface area (Å²) < 4.78 is 16.9. The molecule has 0 amide bonds. The van der Waals surface area contributed by atoms with Crippen LogP contribution in [0.15, 0.2) is 18.2 Å². The molecule has 0 bridgehead atoms. The molecule has 4 heteroatoms. The fourth-order valence-electron chi connectivity index (χ4n) is 2.25. The smallest absolute Gasteiger partial charge is 0.161 e. The van der Waals surface area contributed by atoms with Gasteiger partial charge in [-0.1, -0.05) is 6.07 Å². The molecular weight excluding hydrogens is 254 g/mol. The van der Waals surface area contributed by atoms with Gasteiger partial charge >= 0.3 is 0 Å². The Morgan fingerprint density at radius 1 is 1.20 bits per heavy atom. The van der Waals surface area contributed by atoms with Gasteiger partial charge in [0.05, 0.1) is 19.3 Å². The van der Waals surface area contributed by atoms with E-state index in [1.807, 2.05) is 13.0 Å². The van der Waals surface area contributed by atoms with Gasteiger partial charge in [0.25, 0.3) is 0 Å². The maximum Gasteiger partial charge on any atom is 0.161 e. The molecule has 20 heavy (non-hydrogen) atoms. The number of fused-ring (bicyclic) bond motifs is 1. The second-order valence-corrected chi connectivity index (χ2v) is 5.15. The molecule has 2 rings (SSSR count). The Morgan fingerprint density at radius 3 is 2.70 bits per heavy atom. The minimum absolute atomic E-state index is 0.225. The van der Waals surface area contributed by atoms with Gasteiger partial charge in [-0.3, -0.25) is 0 Å². The standard InChI is InChI=1S/C16H25NO3/c1-4-18-12(2)11-17-13(3)14-6-7-15-16(10-14)20-9-5-8-19-15/h6-7,10,12-13,17H,4-5,8-9,11H2,1-3H3. The minimum atomic E-state index is 0.225. The molecule has 0 saturated carbocycles. The number of nitrogens with one attached hydrogen (secondary N) is 1. The van der Waals surface area contributed by atoms with Gasteiger partial charge < -0.3 is 19.5 Å². The van der Waals surface area contributed by atoms with Gasteiger partial charge in [0, 0.05) is 25.6 Å². The van der Waals surface area contributed by atoms with Gasteiger partial charge in [-0.2, -0.15) is 0 Å². The molecule has 0 saturated heterocycles. The molecular formula is C16H25NO3. The lowest BCUT2D eigenvalue weighted by molar-refractivity contribution is 0.0743. The lowest BCUT2D eigenvalue weighted by atomic mass is 10.1. The highest BCUT2D eigenvalue weighted by atomic mass is 16.5. The molecule has 0 radical (unpaired) electrons. The quantitative estimate of drug-likeness (QED) is 0.869. The van der Waals surface area contributed by atoms with Crippen LogP contribution in [0, 0.1) is 0 Å². The molecule has 1 N–H and O–H groups in total. The van der Waals surface area contributed by atoms with Gasteiger partial charge in [-0.05, 0) is 38.5 Å². The Hall–Kier alpha value is -1.26. The average molecular weight is 279 g/mol. The highest BCUT2D eigenvalue weighted by molar-refractivity contribution is 5.44. The van der Waals surface area contributed by atoms with Crippen molar-refractivity contribution in [3.63, 3.8) is 0 Å². The second kappa shape index (κ2) is 7.50. The third-order valence-corrected chi connectivity index (χ3v) is 3.43. The van der Waals surface area contributed by atoms with Crippen molar-refractivity contribution >= 4 is 0 Å². The predicted molar refractivity (Wildman–Crippen MR) is 79.6 cm³/mol. The van der Waals surface area contributed by atoms with E-state index in [4.69, 9.17) is 14.2 Å². The van der Waals surface area contributed by atoms with Crippen molar-refractivity contribution in [3.8, 4) is 11.5 Å². The van der Waals surface area contributed by atoms with Crippen molar-refractivity contribution in [2.45, 2.75) is 39.3 Å². The van der Waals surface area contributed by atoms with Crippen LogP contribution in [0.4, 0.5) is 0 Å². The summed E-state index contributed by atoms with van der Waals surface area (Å²) in [5, 5.41) is 3.48. The van der Waals surface area contributed by atoms with E-state index in [1.54, 1.807) is 0 Å². The van der Waals surface area contributed by atoms with Crippen LogP contribution in [0.3, 0.4) is 0 Å². The first-order chi connectivity index (χ1) is 9.70. The number of rotatable bonds is 6. The maximum atomic E-state index is 5.73. The normalized spacial score (nSPS) is 17.4. The van der Waals surface area contributed by atoms with Gasteiger partial charge in [-0.25, -0.2) is 0 Å². The zero-order valence-corrected chi connectivity index (χ0v) is 12.6. The zero-order chi connectivity index (χ0) is 14.4. The van der Waals surface area contributed by atoms with E-state index in [2.05, 4.69) is 31.3 Å². The van der Waals surface area contributed by atoms with E-state index < -0.39 is 0 Å². The van der Waals surface area contributed by atoms with Crippen LogP contribution in [-0.4, -0.2) is 32.5 Å². The van der Waals surface area contributed by atoms with Gasteiger partial charge in [0.2, 0.25) is 0 Å². The number of hydrogen-bond acceptors (Lipinski definition) is 4. The largest absolute Gasteiger partial charge is 0.490 e. The first-order valence-corrected chi connectivity index (χ1v) is 7.45. The molecule has 4 nitrogen and oxygen atoms in total. The van der Waals surface area contributed by atoms with E-state index in [0.29, 0.717) is 0 Å². The molecule has 1 aliphatic rings. The summed E-state index contributed by atoms with van der Waals surface area (Å²) in [6, 6.07) is 6.43. The first-order valence-electron chi connectivity index (χ1n) is 7.45. The molecule has 0 fully saturated rings. The summed E-state index contributed by atoms with van der Waals surface area (Å²) in [5.41, 5.74) is 1.21. The van der Waals surface area contributed by atoms with Crippen molar-refractivity contribution in [1.82, 2.24) is 5.32 Å². The summed E-state index contributed by atoms with van der Waals surface area (Å²) in [5.74, 6) is 1.70. The maximum absolute atomic E-state index is 5.73. The first kappa shape index (κ1) is 15.1. The van der Waals surface area contributed by atoms with Crippen molar-refractivity contribution in [2.75, 3.05) is 26.4 Å². The molecule has 1 aromatic carbocycles. The Morgan fingerprint density at radius 2 is 1.95 bits per heavy atom.